The van der Waals surface area contributed by atoms with Gasteiger partial charge >= 0.3 is 0 Å². The first-order valence-corrected chi connectivity index (χ1v) is 11.3. The molecule has 4 heterocycles. The van der Waals surface area contributed by atoms with Crippen molar-refractivity contribution in [3.05, 3.63) is 81.5 Å². The molecule has 1 amide bonds. The first-order valence-electron chi connectivity index (χ1n) is 11.3. The molecule has 4 aromatic heterocycles. The Morgan fingerprint density at radius 1 is 1.24 bits per heavy atom. The number of fused-ring (bicyclic) bond motifs is 2. The number of aromatic nitrogens is 4. The Bertz CT molecular complexity index is 1460. The van der Waals surface area contributed by atoms with E-state index >= 15 is 0 Å². The van der Waals surface area contributed by atoms with Crippen molar-refractivity contribution in [1.29, 1.82) is 5.41 Å². The molecule has 0 fully saturated rings. The number of pyridine rings is 3. The van der Waals surface area contributed by atoms with Gasteiger partial charge in [-0.25, -0.2) is 4.98 Å². The monoisotopic (exact) mass is 460 g/mol. The summed E-state index contributed by atoms with van der Waals surface area (Å²) in [6, 6.07) is 8.79. The summed E-state index contributed by atoms with van der Waals surface area (Å²) in [6.45, 7) is 6.96. The summed E-state index contributed by atoms with van der Waals surface area (Å²) in [5.41, 5.74) is 2.44. The maximum absolute atomic E-state index is 13.4. The fourth-order valence-corrected chi connectivity index (χ4v) is 3.81. The van der Waals surface area contributed by atoms with Gasteiger partial charge in [-0.15, -0.1) is 0 Å². The van der Waals surface area contributed by atoms with Crippen molar-refractivity contribution in [2.75, 3.05) is 6.61 Å². The topological polar surface area (TPSA) is 114 Å². The molecule has 0 saturated carbocycles. The standard InChI is InChI=1S/C25H28N6O3/c1-16(2)34-12-6-11-30-21(26)19(24(32)28-15-18-8-4-9-27-14-18)13-20-23(30)29-22-17(3)7-5-10-31(22)25(20)33/h4-5,7-10,13-14,16,26H,6,11-12,15H2,1-3H3,(H,28,32). The quantitative estimate of drug-likeness (QED) is 0.310. The molecule has 0 aliphatic rings. The molecule has 0 spiro atoms. The third kappa shape index (κ3) is 4.74. The van der Waals surface area contributed by atoms with Gasteiger partial charge in [-0.1, -0.05) is 12.1 Å². The lowest BCUT2D eigenvalue weighted by molar-refractivity contribution is 0.0748. The molecule has 0 saturated heterocycles. The number of hydrogen-bond acceptors (Lipinski definition) is 6. The summed E-state index contributed by atoms with van der Waals surface area (Å²) in [5.74, 6) is -0.434. The zero-order chi connectivity index (χ0) is 24.2. The fraction of sp³-hybridized carbons (Fsp3) is 0.320. The van der Waals surface area contributed by atoms with Gasteiger partial charge in [0.1, 0.15) is 16.8 Å². The Kier molecular flexibility index (Phi) is 6.83. The number of nitrogens with one attached hydrogen (secondary N) is 2. The highest BCUT2D eigenvalue weighted by Gasteiger charge is 2.18. The van der Waals surface area contributed by atoms with Crippen LogP contribution in [0.15, 0.2) is 53.7 Å². The Hall–Kier alpha value is -3.85. The second-order valence-electron chi connectivity index (χ2n) is 8.41. The molecule has 0 bridgehead atoms. The van der Waals surface area contributed by atoms with Gasteiger partial charge in [-0.3, -0.25) is 24.4 Å². The lowest BCUT2D eigenvalue weighted by atomic mass is 10.1. The molecule has 0 aliphatic carbocycles. The Labute approximate surface area is 196 Å². The molecule has 0 aromatic carbocycles. The van der Waals surface area contributed by atoms with E-state index in [1.165, 1.54) is 10.5 Å². The minimum atomic E-state index is -0.434. The van der Waals surface area contributed by atoms with E-state index in [4.69, 9.17) is 15.1 Å². The zero-order valence-corrected chi connectivity index (χ0v) is 19.5. The summed E-state index contributed by atoms with van der Waals surface area (Å²) in [7, 11) is 0. The largest absolute Gasteiger partial charge is 0.379 e. The number of nitrogens with zero attached hydrogens (tertiary/aromatic N) is 4. The number of rotatable bonds is 8. The van der Waals surface area contributed by atoms with Gasteiger partial charge in [0.15, 0.2) is 0 Å². The highest BCUT2D eigenvalue weighted by molar-refractivity contribution is 5.96. The molecule has 4 rings (SSSR count). The van der Waals surface area contributed by atoms with Crippen molar-refractivity contribution in [2.24, 2.45) is 0 Å². The predicted octanol–water partition coefficient (Wildman–Crippen LogP) is 2.58. The van der Waals surface area contributed by atoms with Gasteiger partial charge in [0, 0.05) is 38.3 Å². The summed E-state index contributed by atoms with van der Waals surface area (Å²) in [6.07, 6.45) is 5.70. The molecular formula is C25H28N6O3. The van der Waals surface area contributed by atoms with Gasteiger partial charge in [0.05, 0.1) is 17.1 Å². The van der Waals surface area contributed by atoms with Gasteiger partial charge in [-0.05, 0) is 56.5 Å². The highest BCUT2D eigenvalue weighted by Crippen LogP contribution is 2.13. The van der Waals surface area contributed by atoms with Crippen LogP contribution in [0.5, 0.6) is 0 Å². The van der Waals surface area contributed by atoms with Crippen LogP contribution in [-0.4, -0.2) is 37.6 Å². The van der Waals surface area contributed by atoms with Crippen LogP contribution in [0.4, 0.5) is 0 Å². The van der Waals surface area contributed by atoms with E-state index in [9.17, 15) is 9.59 Å². The summed E-state index contributed by atoms with van der Waals surface area (Å²) < 4.78 is 8.76. The Balaban J connectivity index is 1.80. The van der Waals surface area contributed by atoms with Crippen molar-refractivity contribution in [1.82, 2.24) is 24.3 Å². The SMILES string of the molecule is Cc1cccn2c(=O)c3cc(C(=O)NCc4cccnc4)c(=N)n(CCCOC(C)C)c3nc12. The predicted molar refractivity (Wildman–Crippen MR) is 129 cm³/mol. The van der Waals surface area contributed by atoms with Crippen molar-refractivity contribution >= 4 is 22.6 Å². The molecule has 0 radical (unpaired) electrons. The van der Waals surface area contributed by atoms with Crippen LogP contribution in [-0.2, 0) is 17.8 Å². The maximum atomic E-state index is 13.4. The average Bonchev–Trinajstić information content (AvgIpc) is 2.82. The van der Waals surface area contributed by atoms with Crippen LogP contribution in [0.2, 0.25) is 0 Å². The van der Waals surface area contributed by atoms with E-state index in [2.05, 4.69) is 10.3 Å². The lowest BCUT2D eigenvalue weighted by Gasteiger charge is -2.16. The molecule has 0 unspecified atom stereocenters. The van der Waals surface area contributed by atoms with Crippen LogP contribution in [0, 0.1) is 12.3 Å². The Morgan fingerprint density at radius 3 is 2.79 bits per heavy atom. The third-order valence-electron chi connectivity index (χ3n) is 5.53. The van der Waals surface area contributed by atoms with Crippen LogP contribution in [0.25, 0.3) is 16.7 Å². The van der Waals surface area contributed by atoms with E-state index in [-0.39, 0.29) is 34.6 Å². The zero-order valence-electron chi connectivity index (χ0n) is 19.5. The van der Waals surface area contributed by atoms with Gasteiger partial charge in [0.25, 0.3) is 11.5 Å². The summed E-state index contributed by atoms with van der Waals surface area (Å²) >= 11 is 0. The second-order valence-corrected chi connectivity index (χ2v) is 8.41. The molecule has 0 aliphatic heterocycles. The first kappa shape index (κ1) is 23.3. The van der Waals surface area contributed by atoms with E-state index < -0.39 is 5.91 Å². The lowest BCUT2D eigenvalue weighted by Crippen LogP contribution is -2.35. The smallest absolute Gasteiger partial charge is 0.267 e. The number of carbonyl (C=O) groups excluding carboxylic acids is 1. The van der Waals surface area contributed by atoms with Gasteiger partial charge in [-0.2, -0.15) is 0 Å². The Morgan fingerprint density at radius 2 is 2.06 bits per heavy atom. The van der Waals surface area contributed by atoms with E-state index in [0.717, 1.165) is 11.1 Å². The highest BCUT2D eigenvalue weighted by atomic mass is 16.5. The number of hydrogen-bond donors (Lipinski definition) is 2. The molecular weight excluding hydrogens is 432 g/mol. The molecule has 2 N–H and O–H groups in total. The normalized spacial score (nSPS) is 11.4. The van der Waals surface area contributed by atoms with Crippen LogP contribution >= 0.6 is 0 Å². The molecule has 0 atom stereocenters. The molecule has 4 aromatic rings. The van der Waals surface area contributed by atoms with Crippen molar-refractivity contribution in [2.45, 2.75) is 46.4 Å². The number of amides is 1. The van der Waals surface area contributed by atoms with Crippen LogP contribution in [0.1, 0.15) is 41.8 Å². The molecule has 176 valence electrons. The van der Waals surface area contributed by atoms with E-state index in [0.29, 0.717) is 30.9 Å². The van der Waals surface area contributed by atoms with Crippen molar-refractivity contribution < 1.29 is 9.53 Å². The fourth-order valence-electron chi connectivity index (χ4n) is 3.81. The maximum Gasteiger partial charge on any atom is 0.267 e. The van der Waals surface area contributed by atoms with Crippen molar-refractivity contribution in [3.8, 4) is 0 Å². The minimum absolute atomic E-state index is 0.00516. The number of carbonyl (C=O) groups is 1. The van der Waals surface area contributed by atoms with Gasteiger partial charge in [0.2, 0.25) is 0 Å². The van der Waals surface area contributed by atoms with Gasteiger partial charge < -0.3 is 14.6 Å². The van der Waals surface area contributed by atoms with Crippen LogP contribution in [0.3, 0.4) is 0 Å². The summed E-state index contributed by atoms with van der Waals surface area (Å²) in [4.78, 5) is 35.2. The van der Waals surface area contributed by atoms with Crippen molar-refractivity contribution in [3.63, 3.8) is 0 Å². The van der Waals surface area contributed by atoms with E-state index in [1.807, 2.05) is 32.9 Å². The first-order chi connectivity index (χ1) is 16.4. The number of aryl methyl sites for hydroxylation is 2. The third-order valence-corrected chi connectivity index (χ3v) is 5.53. The minimum Gasteiger partial charge on any atom is -0.379 e. The van der Waals surface area contributed by atoms with Crippen LogP contribution < -0.4 is 16.4 Å². The number of ether oxygens (including phenoxy) is 1. The average molecular weight is 461 g/mol. The second kappa shape index (κ2) is 9.96. The van der Waals surface area contributed by atoms with E-state index in [1.54, 1.807) is 35.3 Å². The molecule has 34 heavy (non-hydrogen) atoms. The molecule has 9 heteroatoms. The molecule has 9 nitrogen and oxygen atoms in total. The summed E-state index contributed by atoms with van der Waals surface area (Å²) in [5, 5.41) is 11.9.